The van der Waals surface area contributed by atoms with Gasteiger partial charge in [-0.15, -0.1) is 11.8 Å². The third kappa shape index (κ3) is 2.59. The van der Waals surface area contributed by atoms with Crippen molar-refractivity contribution in [3.63, 3.8) is 0 Å². The quantitative estimate of drug-likeness (QED) is 0.821. The van der Waals surface area contributed by atoms with Crippen molar-refractivity contribution in [3.05, 3.63) is 29.8 Å². The van der Waals surface area contributed by atoms with Crippen molar-refractivity contribution in [2.24, 2.45) is 5.92 Å². The summed E-state index contributed by atoms with van der Waals surface area (Å²) in [7, 11) is 0. The molecule has 2 nitrogen and oxygen atoms in total. The monoisotopic (exact) mass is 238 g/mol. The zero-order chi connectivity index (χ0) is 11.4. The summed E-state index contributed by atoms with van der Waals surface area (Å²) in [5.74, 6) is 0.349. The normalized spacial score (nSPS) is 19.6. The summed E-state index contributed by atoms with van der Waals surface area (Å²) in [5, 5.41) is 10.4. The molecule has 1 aromatic carbocycles. The highest BCUT2D eigenvalue weighted by Gasteiger charge is 2.24. The molecule has 1 aliphatic rings. The molecular weight excluding hydrogens is 220 g/mol. The second-order valence-electron chi connectivity index (χ2n) is 4.14. The Balaban J connectivity index is 2.15. The first kappa shape index (κ1) is 12.0. The number of aliphatic hydroxyl groups is 1. The Labute approximate surface area is 101 Å². The molecule has 0 spiro atoms. The Bertz CT molecular complexity index is 334. The first-order chi connectivity index (χ1) is 7.83. The van der Waals surface area contributed by atoms with Gasteiger partial charge in [-0.1, -0.05) is 18.2 Å². The zero-order valence-electron chi connectivity index (χ0n) is 9.56. The topological polar surface area (TPSA) is 29.5 Å². The highest BCUT2D eigenvalue weighted by Crippen LogP contribution is 2.34. The summed E-state index contributed by atoms with van der Waals surface area (Å²) >= 11 is 1.70. The standard InChI is InChI=1S/C13H18O2S/c1-16-12-5-3-2-4-11(12)13(14)10-6-8-15-9-7-10/h2-5,10,13-14H,6-9H2,1H3. The Hall–Kier alpha value is -0.510. The third-order valence-corrected chi connectivity index (χ3v) is 3.98. The minimum atomic E-state index is -0.340. The molecule has 1 heterocycles. The number of aliphatic hydroxyl groups excluding tert-OH is 1. The van der Waals surface area contributed by atoms with Gasteiger partial charge in [0.2, 0.25) is 0 Å². The third-order valence-electron chi connectivity index (χ3n) is 3.17. The molecule has 1 saturated heterocycles. The van der Waals surface area contributed by atoms with Crippen LogP contribution in [0.25, 0.3) is 0 Å². The lowest BCUT2D eigenvalue weighted by molar-refractivity contribution is 0.00623. The number of thioether (sulfide) groups is 1. The van der Waals surface area contributed by atoms with Crippen LogP contribution in [0.2, 0.25) is 0 Å². The van der Waals surface area contributed by atoms with Gasteiger partial charge in [-0.05, 0) is 36.6 Å². The van der Waals surface area contributed by atoms with Crippen LogP contribution in [-0.4, -0.2) is 24.6 Å². The minimum absolute atomic E-state index is 0.340. The number of hydrogen-bond donors (Lipinski definition) is 1. The van der Waals surface area contributed by atoms with E-state index in [0.29, 0.717) is 5.92 Å². The summed E-state index contributed by atoms with van der Waals surface area (Å²) in [5.41, 5.74) is 1.07. The lowest BCUT2D eigenvalue weighted by atomic mass is 9.89. The van der Waals surface area contributed by atoms with Crippen LogP contribution < -0.4 is 0 Å². The van der Waals surface area contributed by atoms with E-state index in [9.17, 15) is 5.11 Å². The molecule has 1 N–H and O–H groups in total. The molecule has 1 aliphatic heterocycles. The first-order valence-electron chi connectivity index (χ1n) is 5.71. The summed E-state index contributed by atoms with van der Waals surface area (Å²) in [6.07, 6.45) is 3.64. The van der Waals surface area contributed by atoms with Crippen molar-refractivity contribution in [2.45, 2.75) is 23.8 Å². The van der Waals surface area contributed by atoms with E-state index in [0.717, 1.165) is 31.6 Å². The van der Waals surface area contributed by atoms with Gasteiger partial charge < -0.3 is 9.84 Å². The SMILES string of the molecule is CSc1ccccc1C(O)C1CCOCC1. The van der Waals surface area contributed by atoms with Gasteiger partial charge in [0.05, 0.1) is 6.10 Å². The van der Waals surface area contributed by atoms with Gasteiger partial charge in [-0.25, -0.2) is 0 Å². The largest absolute Gasteiger partial charge is 0.388 e. The number of hydrogen-bond acceptors (Lipinski definition) is 3. The van der Waals surface area contributed by atoms with Crippen molar-refractivity contribution in [2.75, 3.05) is 19.5 Å². The molecule has 16 heavy (non-hydrogen) atoms. The lowest BCUT2D eigenvalue weighted by Crippen LogP contribution is -2.22. The van der Waals surface area contributed by atoms with E-state index in [-0.39, 0.29) is 6.10 Å². The average molecular weight is 238 g/mol. The van der Waals surface area contributed by atoms with Crippen molar-refractivity contribution in [1.82, 2.24) is 0 Å². The Morgan fingerprint density at radius 2 is 2.00 bits per heavy atom. The molecule has 0 bridgehead atoms. The summed E-state index contributed by atoms with van der Waals surface area (Å²) in [6.45, 7) is 1.56. The minimum Gasteiger partial charge on any atom is -0.388 e. The predicted octanol–water partition coefficient (Wildman–Crippen LogP) is 2.87. The van der Waals surface area contributed by atoms with Gasteiger partial charge in [-0.3, -0.25) is 0 Å². The van der Waals surface area contributed by atoms with Crippen LogP contribution in [-0.2, 0) is 4.74 Å². The molecule has 0 aliphatic carbocycles. The number of benzene rings is 1. The van der Waals surface area contributed by atoms with E-state index in [1.807, 2.05) is 18.2 Å². The van der Waals surface area contributed by atoms with Gasteiger partial charge in [0.25, 0.3) is 0 Å². The highest BCUT2D eigenvalue weighted by molar-refractivity contribution is 7.98. The summed E-state index contributed by atoms with van der Waals surface area (Å²) < 4.78 is 5.33. The molecule has 1 unspecified atom stereocenters. The maximum absolute atomic E-state index is 10.4. The van der Waals surface area contributed by atoms with Crippen molar-refractivity contribution in [3.8, 4) is 0 Å². The molecular formula is C13H18O2S. The maximum atomic E-state index is 10.4. The van der Waals surface area contributed by atoms with Crippen LogP contribution >= 0.6 is 11.8 Å². The van der Waals surface area contributed by atoms with E-state index in [2.05, 4.69) is 12.3 Å². The Morgan fingerprint density at radius 1 is 1.31 bits per heavy atom. The molecule has 2 rings (SSSR count). The molecule has 0 aromatic heterocycles. The molecule has 0 saturated carbocycles. The fourth-order valence-electron chi connectivity index (χ4n) is 2.20. The van der Waals surface area contributed by atoms with Crippen molar-refractivity contribution < 1.29 is 9.84 Å². The second kappa shape index (κ2) is 5.71. The number of rotatable bonds is 3. The van der Waals surface area contributed by atoms with E-state index in [1.165, 1.54) is 4.90 Å². The summed E-state index contributed by atoms with van der Waals surface area (Å²) in [6, 6.07) is 8.12. The lowest BCUT2D eigenvalue weighted by Gasteiger charge is -2.27. The van der Waals surface area contributed by atoms with Crippen LogP contribution in [0, 0.1) is 5.92 Å². The maximum Gasteiger partial charge on any atom is 0.0830 e. The smallest absolute Gasteiger partial charge is 0.0830 e. The molecule has 0 radical (unpaired) electrons. The van der Waals surface area contributed by atoms with Crippen LogP contribution in [0.4, 0.5) is 0 Å². The van der Waals surface area contributed by atoms with Gasteiger partial charge in [0, 0.05) is 18.1 Å². The van der Waals surface area contributed by atoms with Gasteiger partial charge in [0.1, 0.15) is 0 Å². The predicted molar refractivity (Wildman–Crippen MR) is 66.7 cm³/mol. The van der Waals surface area contributed by atoms with E-state index in [4.69, 9.17) is 4.74 Å². The van der Waals surface area contributed by atoms with Crippen molar-refractivity contribution >= 4 is 11.8 Å². The molecule has 0 amide bonds. The van der Waals surface area contributed by atoms with Gasteiger partial charge >= 0.3 is 0 Å². The van der Waals surface area contributed by atoms with E-state index < -0.39 is 0 Å². The van der Waals surface area contributed by atoms with Crippen LogP contribution in [0.1, 0.15) is 24.5 Å². The molecule has 1 aromatic rings. The fraction of sp³-hybridized carbons (Fsp3) is 0.538. The fourth-order valence-corrected chi connectivity index (χ4v) is 2.84. The Kier molecular flexibility index (Phi) is 4.27. The van der Waals surface area contributed by atoms with Crippen molar-refractivity contribution in [1.29, 1.82) is 0 Å². The van der Waals surface area contributed by atoms with Crippen LogP contribution in [0.15, 0.2) is 29.2 Å². The second-order valence-corrected chi connectivity index (χ2v) is 4.98. The molecule has 1 fully saturated rings. The van der Waals surface area contributed by atoms with Gasteiger partial charge in [-0.2, -0.15) is 0 Å². The molecule has 88 valence electrons. The van der Waals surface area contributed by atoms with E-state index in [1.54, 1.807) is 11.8 Å². The van der Waals surface area contributed by atoms with E-state index >= 15 is 0 Å². The van der Waals surface area contributed by atoms with Gasteiger partial charge in [0.15, 0.2) is 0 Å². The Morgan fingerprint density at radius 3 is 2.69 bits per heavy atom. The van der Waals surface area contributed by atoms with Crippen LogP contribution in [0.3, 0.4) is 0 Å². The molecule has 1 atom stereocenters. The summed E-state index contributed by atoms with van der Waals surface area (Å²) in [4.78, 5) is 1.18. The number of ether oxygens (including phenoxy) is 1. The first-order valence-corrected chi connectivity index (χ1v) is 6.94. The highest BCUT2D eigenvalue weighted by atomic mass is 32.2. The van der Waals surface area contributed by atoms with Crippen LogP contribution in [0.5, 0.6) is 0 Å². The molecule has 3 heteroatoms. The zero-order valence-corrected chi connectivity index (χ0v) is 10.4. The average Bonchev–Trinajstić information content (AvgIpc) is 2.39.